The Labute approximate surface area is 192 Å². The number of nitrogens with zero attached hydrogens (tertiary/aromatic N) is 1. The second kappa shape index (κ2) is 8.62. The highest BCUT2D eigenvalue weighted by Crippen LogP contribution is 2.46. The van der Waals surface area contributed by atoms with Crippen molar-refractivity contribution in [2.75, 3.05) is 13.1 Å². The summed E-state index contributed by atoms with van der Waals surface area (Å²) in [7, 11) is -3.26. The number of carboxylic acids is 1. The maximum atomic E-state index is 13.0. The Morgan fingerprint density at radius 2 is 1.94 bits per heavy atom. The van der Waals surface area contributed by atoms with Crippen LogP contribution in [-0.4, -0.2) is 48.9 Å². The van der Waals surface area contributed by atoms with Gasteiger partial charge in [0.2, 0.25) is 0 Å². The van der Waals surface area contributed by atoms with E-state index in [0.717, 1.165) is 30.0 Å². The minimum Gasteiger partial charge on any atom is -0.475 e. The molecule has 1 aromatic carbocycles. The van der Waals surface area contributed by atoms with E-state index in [-0.39, 0.29) is 11.2 Å². The van der Waals surface area contributed by atoms with Gasteiger partial charge in [-0.3, -0.25) is 4.90 Å². The first-order valence-corrected chi connectivity index (χ1v) is 12.3. The van der Waals surface area contributed by atoms with Gasteiger partial charge in [-0.25, -0.2) is 13.2 Å². The molecule has 2 aliphatic rings. The topological polar surface area (TPSA) is 87.8 Å². The average molecular weight is 500 g/mol. The number of fused-ring (bicyclic) bond motifs is 3. The van der Waals surface area contributed by atoms with Crippen molar-refractivity contribution >= 4 is 27.1 Å². The molecular weight excluding hydrogens is 479 g/mol. The van der Waals surface area contributed by atoms with Gasteiger partial charge in [0.15, 0.2) is 9.84 Å². The molecule has 2 unspecified atom stereocenters. The minimum atomic E-state index is -5.08. The standard InChI is InChI=1S/C20H19NO3S2.C2HF3O2/c1-13-4-6-15(25-13)10-21-11-17-16-9-14(18-3-2-8-24-18)5-7-19(16)26(22,23)20(17)12-21;3-2(4,5)1(6)7/h2-9,17,20H,10-12H2,1H3;(H,6,7). The van der Waals surface area contributed by atoms with E-state index >= 15 is 0 Å². The Balaban J connectivity index is 0.000000325. The normalized spacial score (nSPS) is 21.2. The number of sulfone groups is 1. The SMILES string of the molecule is Cc1ccc(CN2CC3c4cc(-c5ccco5)ccc4S(=O)(=O)C3C2)s1.O=C(O)C(F)(F)F. The molecule has 3 aromatic rings. The van der Waals surface area contributed by atoms with Gasteiger partial charge < -0.3 is 9.52 Å². The second-order valence-corrected chi connectivity index (χ2v) is 11.4. The zero-order chi connectivity index (χ0) is 24.0. The Morgan fingerprint density at radius 3 is 2.52 bits per heavy atom. The molecule has 0 amide bonds. The van der Waals surface area contributed by atoms with Crippen molar-refractivity contribution in [3.8, 4) is 11.3 Å². The second-order valence-electron chi connectivity index (χ2n) is 7.93. The Morgan fingerprint density at radius 1 is 1.21 bits per heavy atom. The molecule has 2 aromatic heterocycles. The van der Waals surface area contributed by atoms with Crippen LogP contribution < -0.4 is 0 Å². The zero-order valence-electron chi connectivity index (χ0n) is 17.4. The number of carbonyl (C=O) groups is 1. The fraction of sp³-hybridized carbons (Fsp3) is 0.318. The van der Waals surface area contributed by atoms with Crippen molar-refractivity contribution in [1.82, 2.24) is 4.90 Å². The monoisotopic (exact) mass is 499 g/mol. The van der Waals surface area contributed by atoms with Gasteiger partial charge in [-0.15, -0.1) is 11.3 Å². The minimum absolute atomic E-state index is 0.0472. The lowest BCUT2D eigenvalue weighted by molar-refractivity contribution is -0.192. The molecule has 6 nitrogen and oxygen atoms in total. The molecule has 0 saturated carbocycles. The lowest BCUT2D eigenvalue weighted by Gasteiger charge is -2.16. The van der Waals surface area contributed by atoms with Crippen LogP contribution >= 0.6 is 11.3 Å². The zero-order valence-corrected chi connectivity index (χ0v) is 19.0. The molecule has 4 heterocycles. The molecule has 0 bridgehead atoms. The third-order valence-electron chi connectivity index (χ3n) is 5.68. The van der Waals surface area contributed by atoms with Crippen LogP contribution in [0.15, 0.2) is 58.0 Å². The third kappa shape index (κ3) is 4.71. The van der Waals surface area contributed by atoms with Crippen molar-refractivity contribution in [1.29, 1.82) is 0 Å². The molecule has 2 aliphatic heterocycles. The summed E-state index contributed by atoms with van der Waals surface area (Å²) in [5.74, 6) is -1.93. The molecule has 0 radical (unpaired) electrons. The van der Waals surface area contributed by atoms with E-state index in [1.54, 1.807) is 23.7 Å². The van der Waals surface area contributed by atoms with Gasteiger partial charge in [-0.2, -0.15) is 13.2 Å². The summed E-state index contributed by atoms with van der Waals surface area (Å²) in [6.07, 6.45) is -3.44. The fourth-order valence-corrected chi connectivity index (χ4v) is 7.37. The molecule has 33 heavy (non-hydrogen) atoms. The summed E-state index contributed by atoms with van der Waals surface area (Å²) in [5.41, 5.74) is 1.89. The van der Waals surface area contributed by atoms with Crippen LogP contribution in [0.3, 0.4) is 0 Å². The predicted octanol–water partition coefficient (Wildman–Crippen LogP) is 4.71. The van der Waals surface area contributed by atoms with Gasteiger partial charge in [0.25, 0.3) is 0 Å². The highest BCUT2D eigenvalue weighted by Gasteiger charge is 2.50. The number of likely N-dealkylation sites (tertiary alicyclic amines) is 1. The molecule has 0 aliphatic carbocycles. The quantitative estimate of drug-likeness (QED) is 0.562. The number of benzene rings is 1. The van der Waals surface area contributed by atoms with Crippen LogP contribution in [0.25, 0.3) is 11.3 Å². The molecule has 1 saturated heterocycles. The van der Waals surface area contributed by atoms with E-state index in [1.165, 1.54) is 9.75 Å². The van der Waals surface area contributed by atoms with E-state index in [0.29, 0.717) is 11.4 Å². The summed E-state index contributed by atoms with van der Waals surface area (Å²) in [6.45, 7) is 4.32. The van der Waals surface area contributed by atoms with Gasteiger partial charge in [-0.05, 0) is 55.0 Å². The number of alkyl halides is 3. The summed E-state index contributed by atoms with van der Waals surface area (Å²) < 4.78 is 63.3. The van der Waals surface area contributed by atoms with Crippen molar-refractivity contribution in [2.45, 2.75) is 35.7 Å². The summed E-state index contributed by atoms with van der Waals surface area (Å²) in [6, 6.07) is 13.6. The molecule has 11 heteroatoms. The lowest BCUT2D eigenvalue weighted by Crippen LogP contribution is -2.25. The Bertz CT molecular complexity index is 1270. The first-order valence-electron chi connectivity index (χ1n) is 9.96. The maximum Gasteiger partial charge on any atom is 0.490 e. The number of aliphatic carboxylic acids is 1. The first-order chi connectivity index (χ1) is 15.5. The fourth-order valence-electron chi connectivity index (χ4n) is 4.24. The summed E-state index contributed by atoms with van der Waals surface area (Å²) in [5, 5.41) is 6.80. The van der Waals surface area contributed by atoms with E-state index in [9.17, 15) is 21.6 Å². The van der Waals surface area contributed by atoms with Gasteiger partial charge in [0.05, 0.1) is 16.4 Å². The third-order valence-corrected chi connectivity index (χ3v) is 8.92. The van der Waals surface area contributed by atoms with Crippen molar-refractivity contribution < 1.29 is 35.9 Å². The van der Waals surface area contributed by atoms with Gasteiger partial charge >= 0.3 is 12.1 Å². The number of thiophene rings is 1. The van der Waals surface area contributed by atoms with Crippen LogP contribution in [-0.2, 0) is 21.2 Å². The number of carboxylic acid groups (broad SMARTS) is 1. The summed E-state index contributed by atoms with van der Waals surface area (Å²) >= 11 is 1.79. The van der Waals surface area contributed by atoms with Crippen molar-refractivity contribution in [3.63, 3.8) is 0 Å². The highest BCUT2D eigenvalue weighted by atomic mass is 32.2. The van der Waals surface area contributed by atoms with E-state index in [2.05, 4.69) is 24.0 Å². The maximum absolute atomic E-state index is 13.0. The van der Waals surface area contributed by atoms with Crippen LogP contribution in [0.4, 0.5) is 13.2 Å². The number of rotatable bonds is 3. The number of furan rings is 1. The molecule has 5 rings (SSSR count). The number of hydrogen-bond donors (Lipinski definition) is 1. The molecule has 1 N–H and O–H groups in total. The molecule has 2 atom stereocenters. The predicted molar refractivity (Wildman–Crippen MR) is 116 cm³/mol. The lowest BCUT2D eigenvalue weighted by atomic mass is 9.96. The van der Waals surface area contributed by atoms with Crippen LogP contribution in [0.1, 0.15) is 21.2 Å². The number of halogens is 3. The molecule has 176 valence electrons. The van der Waals surface area contributed by atoms with E-state index < -0.39 is 22.0 Å². The van der Waals surface area contributed by atoms with E-state index in [4.69, 9.17) is 14.3 Å². The smallest absolute Gasteiger partial charge is 0.475 e. The average Bonchev–Trinajstić information content (AvgIpc) is 3.50. The molecule has 1 fully saturated rings. The Kier molecular flexibility index (Phi) is 6.14. The van der Waals surface area contributed by atoms with Crippen LogP contribution in [0, 0.1) is 6.92 Å². The van der Waals surface area contributed by atoms with Crippen LogP contribution in [0.5, 0.6) is 0 Å². The largest absolute Gasteiger partial charge is 0.490 e. The number of hydrogen-bond acceptors (Lipinski definition) is 6. The first kappa shape index (κ1) is 23.5. The van der Waals surface area contributed by atoms with Gasteiger partial charge in [-0.1, -0.05) is 0 Å². The van der Waals surface area contributed by atoms with E-state index in [1.807, 2.05) is 24.3 Å². The summed E-state index contributed by atoms with van der Waals surface area (Å²) in [4.78, 5) is 14.3. The van der Waals surface area contributed by atoms with Crippen LogP contribution in [0.2, 0.25) is 0 Å². The number of aryl methyl sites for hydroxylation is 1. The Hall–Kier alpha value is -2.63. The highest BCUT2D eigenvalue weighted by molar-refractivity contribution is 7.92. The molecular formula is C22H20F3NO5S2. The van der Waals surface area contributed by atoms with Crippen molar-refractivity contribution in [3.05, 3.63) is 64.0 Å². The van der Waals surface area contributed by atoms with Gasteiger partial charge in [0.1, 0.15) is 5.76 Å². The molecule has 0 spiro atoms. The van der Waals surface area contributed by atoms with Crippen molar-refractivity contribution in [2.24, 2.45) is 0 Å². The van der Waals surface area contributed by atoms with Gasteiger partial charge in [0, 0.05) is 40.9 Å².